The van der Waals surface area contributed by atoms with E-state index < -0.39 is 0 Å². The van der Waals surface area contributed by atoms with E-state index in [1.54, 1.807) is 0 Å². The molecule has 5 heteroatoms. The Balaban J connectivity index is 1.35. The minimum Gasteiger partial charge on any atom is -0.368 e. The summed E-state index contributed by atoms with van der Waals surface area (Å²) >= 11 is 0. The average molecular weight is 448 g/mol. The summed E-state index contributed by atoms with van der Waals surface area (Å²) in [6.07, 6.45) is 6.98. The largest absolute Gasteiger partial charge is 0.368 e. The second-order valence-corrected chi connectivity index (χ2v) is 9.34. The van der Waals surface area contributed by atoms with Crippen LogP contribution in [0.15, 0.2) is 84.3 Å². The van der Waals surface area contributed by atoms with Crippen molar-refractivity contribution in [2.45, 2.75) is 32.2 Å². The van der Waals surface area contributed by atoms with Crippen LogP contribution in [0.4, 0.5) is 17.2 Å². The number of nitrogens with one attached hydrogen (secondary N) is 1. The molecule has 0 spiro atoms. The molecule has 0 atom stereocenters. The predicted octanol–water partition coefficient (Wildman–Crippen LogP) is 6.24. The lowest BCUT2D eigenvalue weighted by Gasteiger charge is -2.34. The van der Waals surface area contributed by atoms with Crippen LogP contribution in [0, 0.1) is 6.92 Å². The fourth-order valence-electron chi connectivity index (χ4n) is 5.28. The highest BCUT2D eigenvalue weighted by molar-refractivity contribution is 5.85. The lowest BCUT2D eigenvalue weighted by atomic mass is 10.0. The summed E-state index contributed by atoms with van der Waals surface area (Å²) in [5, 5.41) is 3.60. The summed E-state index contributed by atoms with van der Waals surface area (Å²) in [4.78, 5) is 14.3. The van der Waals surface area contributed by atoms with Gasteiger partial charge < -0.3 is 15.1 Å². The molecule has 4 aliphatic heterocycles. The molecule has 0 amide bonds. The molecule has 5 nitrogen and oxygen atoms in total. The Labute approximate surface area is 201 Å². The van der Waals surface area contributed by atoms with Gasteiger partial charge in [0.2, 0.25) is 0 Å². The average Bonchev–Trinajstić information content (AvgIpc) is 3.30. The number of anilines is 3. The van der Waals surface area contributed by atoms with Gasteiger partial charge in [-0.05, 0) is 61.2 Å². The molecule has 1 N–H and O–H groups in total. The zero-order valence-corrected chi connectivity index (χ0v) is 19.5. The Morgan fingerprint density at radius 1 is 1.00 bits per heavy atom. The molecule has 0 saturated carbocycles. The van der Waals surface area contributed by atoms with E-state index in [0.29, 0.717) is 6.04 Å². The summed E-state index contributed by atoms with van der Waals surface area (Å²) in [7, 11) is 0. The minimum atomic E-state index is 0.381. The monoisotopic (exact) mass is 447 g/mol. The number of nitrogens with zero attached hydrogens (tertiary/aromatic N) is 4. The highest BCUT2D eigenvalue weighted by Crippen LogP contribution is 2.41. The normalized spacial score (nSPS) is 16.9. The molecule has 0 unspecified atom stereocenters. The van der Waals surface area contributed by atoms with Crippen LogP contribution < -0.4 is 15.1 Å². The molecule has 170 valence electrons. The van der Waals surface area contributed by atoms with Crippen LogP contribution >= 0.6 is 0 Å². The third-order valence-electron chi connectivity index (χ3n) is 7.03. The lowest BCUT2D eigenvalue weighted by molar-refractivity contribution is 0.500. The third-order valence-corrected chi connectivity index (χ3v) is 7.03. The number of pyridine rings is 1. The van der Waals surface area contributed by atoms with Crippen molar-refractivity contribution in [3.8, 4) is 11.3 Å². The highest BCUT2D eigenvalue weighted by Gasteiger charge is 2.35. The molecular weight excluding hydrogens is 418 g/mol. The Hall–Kier alpha value is -3.86. The topological polar surface area (TPSA) is 43.8 Å². The Bertz CT molecular complexity index is 1310. The maximum Gasteiger partial charge on any atom is 0.158 e. The first kappa shape index (κ1) is 20.7. The summed E-state index contributed by atoms with van der Waals surface area (Å²) in [6.45, 7) is 8.72. The first-order chi connectivity index (χ1) is 16.7. The van der Waals surface area contributed by atoms with Crippen LogP contribution in [0.1, 0.15) is 30.4 Å². The summed E-state index contributed by atoms with van der Waals surface area (Å²) in [5.41, 5.74) is 8.05. The molecule has 0 radical (unpaired) electrons. The number of aliphatic imine (C=N–C) groups is 1. The lowest BCUT2D eigenvalue weighted by Crippen LogP contribution is -2.41. The van der Waals surface area contributed by atoms with E-state index in [1.807, 2.05) is 12.4 Å². The van der Waals surface area contributed by atoms with Gasteiger partial charge in [0, 0.05) is 49.2 Å². The van der Waals surface area contributed by atoms with Crippen molar-refractivity contribution in [1.82, 2.24) is 4.98 Å². The number of aryl methyl sites for hydroxylation is 1. The van der Waals surface area contributed by atoms with Crippen molar-refractivity contribution >= 4 is 29.0 Å². The van der Waals surface area contributed by atoms with Crippen LogP contribution in [-0.2, 0) is 0 Å². The van der Waals surface area contributed by atoms with Gasteiger partial charge in [0.05, 0.1) is 11.4 Å². The predicted molar refractivity (Wildman–Crippen MR) is 142 cm³/mol. The highest BCUT2D eigenvalue weighted by atomic mass is 15.4. The maximum atomic E-state index is 5.21. The fourth-order valence-corrected chi connectivity index (χ4v) is 5.28. The van der Waals surface area contributed by atoms with Crippen molar-refractivity contribution in [2.24, 2.45) is 4.99 Å². The molecule has 1 saturated heterocycles. The van der Waals surface area contributed by atoms with Gasteiger partial charge in [-0.3, -0.25) is 4.99 Å². The van der Waals surface area contributed by atoms with Gasteiger partial charge in [-0.15, -0.1) is 0 Å². The van der Waals surface area contributed by atoms with Crippen molar-refractivity contribution < 1.29 is 0 Å². The first-order valence-corrected chi connectivity index (χ1v) is 12.0. The zero-order valence-electron chi connectivity index (χ0n) is 19.5. The van der Waals surface area contributed by atoms with Crippen molar-refractivity contribution in [3.05, 3.63) is 90.4 Å². The minimum absolute atomic E-state index is 0.381. The number of hydrogen-bond donors (Lipinski definition) is 1. The third kappa shape index (κ3) is 3.77. The van der Waals surface area contributed by atoms with Gasteiger partial charge in [-0.2, -0.15) is 0 Å². The number of hydrogen-bond acceptors (Lipinski definition) is 5. The number of fused-ring (bicyclic) bond motifs is 2. The Morgan fingerprint density at radius 3 is 2.62 bits per heavy atom. The summed E-state index contributed by atoms with van der Waals surface area (Å²) < 4.78 is 0. The fraction of sp³-hybridized carbons (Fsp3) is 0.241. The molecule has 1 fully saturated rings. The molecule has 3 aromatic rings. The van der Waals surface area contributed by atoms with Gasteiger partial charge in [-0.1, -0.05) is 42.5 Å². The second-order valence-electron chi connectivity index (χ2n) is 9.34. The van der Waals surface area contributed by atoms with E-state index in [0.717, 1.165) is 60.9 Å². The molecule has 1 aromatic heterocycles. The maximum absolute atomic E-state index is 5.21. The van der Waals surface area contributed by atoms with Crippen molar-refractivity contribution in [2.75, 3.05) is 28.2 Å². The van der Waals surface area contributed by atoms with Crippen LogP contribution in [0.2, 0.25) is 0 Å². The quantitative estimate of drug-likeness (QED) is 0.502. The number of piperidine rings is 1. The molecule has 2 aromatic carbocycles. The Morgan fingerprint density at radius 2 is 1.82 bits per heavy atom. The van der Waals surface area contributed by atoms with Crippen LogP contribution in [0.25, 0.3) is 16.8 Å². The molecule has 2 bridgehead atoms. The Kier molecular flexibility index (Phi) is 5.17. The molecule has 4 aliphatic rings. The van der Waals surface area contributed by atoms with Crippen LogP contribution in [0.3, 0.4) is 0 Å². The van der Waals surface area contributed by atoms with Gasteiger partial charge >= 0.3 is 0 Å². The molecule has 0 aliphatic carbocycles. The van der Waals surface area contributed by atoms with Crippen LogP contribution in [-0.4, -0.2) is 30.3 Å². The first-order valence-electron chi connectivity index (χ1n) is 12.0. The van der Waals surface area contributed by atoms with Gasteiger partial charge in [0.1, 0.15) is 5.82 Å². The molecular formula is C29H29N5. The van der Waals surface area contributed by atoms with Gasteiger partial charge in [0.15, 0.2) is 5.82 Å². The van der Waals surface area contributed by atoms with Crippen LogP contribution in [0.5, 0.6) is 0 Å². The zero-order chi connectivity index (χ0) is 23.1. The van der Waals surface area contributed by atoms with E-state index >= 15 is 0 Å². The second kappa shape index (κ2) is 8.49. The van der Waals surface area contributed by atoms with Crippen molar-refractivity contribution in [1.29, 1.82) is 0 Å². The van der Waals surface area contributed by atoms with E-state index in [4.69, 9.17) is 4.98 Å². The van der Waals surface area contributed by atoms with E-state index in [-0.39, 0.29) is 0 Å². The SMILES string of the molecule is C=C(Nc1cccc(C2=CN=CC2)c1)N1c2nc(-c3cccc(C)c3)ccc2N2CCC1CC2. The summed E-state index contributed by atoms with van der Waals surface area (Å²) in [6, 6.07) is 21.8. The van der Waals surface area contributed by atoms with E-state index in [1.165, 1.54) is 22.4 Å². The number of benzene rings is 2. The summed E-state index contributed by atoms with van der Waals surface area (Å²) in [5.74, 6) is 1.87. The van der Waals surface area contributed by atoms with E-state index in [2.05, 4.69) is 94.3 Å². The molecule has 34 heavy (non-hydrogen) atoms. The van der Waals surface area contributed by atoms with Gasteiger partial charge in [0.25, 0.3) is 0 Å². The standard InChI is InChI=1S/C29H29N5/c1-20-5-3-7-23(17-20)27-9-10-28-29(32-27)34(26-12-15-33(28)16-13-26)21(2)31-25-8-4-6-22(18-25)24-11-14-30-19-24/h3-10,14,17-19,26,31H,2,11-13,15-16H2,1H3. The van der Waals surface area contributed by atoms with Crippen molar-refractivity contribution in [3.63, 3.8) is 0 Å². The molecule has 5 heterocycles. The smallest absolute Gasteiger partial charge is 0.158 e. The molecule has 7 rings (SSSR count). The number of aromatic nitrogens is 1. The number of rotatable bonds is 5. The number of allylic oxidation sites excluding steroid dienone is 1. The van der Waals surface area contributed by atoms with E-state index in [9.17, 15) is 0 Å². The van der Waals surface area contributed by atoms with Gasteiger partial charge in [-0.25, -0.2) is 4.98 Å².